The molecule has 0 N–H and O–H groups in total. The van der Waals surface area contributed by atoms with Gasteiger partial charge in [-0.05, 0) is 30.0 Å². The van der Waals surface area contributed by atoms with E-state index in [1.165, 1.54) is 0 Å². The Morgan fingerprint density at radius 2 is 1.71 bits per heavy atom. The van der Waals surface area contributed by atoms with Crippen LogP contribution in [0.15, 0.2) is 65.5 Å². The summed E-state index contributed by atoms with van der Waals surface area (Å²) in [6.07, 6.45) is 0. The lowest BCUT2D eigenvalue weighted by Gasteiger charge is -2.19. The molecule has 0 aliphatic rings. The molecule has 0 aliphatic heterocycles. The number of aromatic nitrogens is 1. The number of pyridine rings is 1. The fourth-order valence-electron chi connectivity index (χ4n) is 2.83. The third-order valence-electron chi connectivity index (χ3n) is 4.16. The minimum Gasteiger partial charge on any atom is -0.340 e. The fraction of sp³-hybridized carbons (Fsp3) is 0.200. The standard InChI is InChI=1S/C20H20N2O2/c1-15-12-17-10-6-7-11-18(17)22(20(15)24)14-19(23)21(2)13-16-8-4-3-5-9-16/h3-12H,13-14H2,1-2H3. The molecule has 122 valence electrons. The van der Waals surface area contributed by atoms with E-state index in [-0.39, 0.29) is 18.0 Å². The monoisotopic (exact) mass is 320 g/mol. The lowest BCUT2D eigenvalue weighted by Crippen LogP contribution is -2.34. The molecule has 0 radical (unpaired) electrons. The molecule has 3 aromatic rings. The SMILES string of the molecule is Cc1cc2ccccc2n(CC(=O)N(C)Cc2ccccc2)c1=O. The summed E-state index contributed by atoms with van der Waals surface area (Å²) in [7, 11) is 1.76. The van der Waals surface area contributed by atoms with E-state index >= 15 is 0 Å². The molecule has 0 bridgehead atoms. The molecule has 3 rings (SSSR count). The van der Waals surface area contributed by atoms with Gasteiger partial charge in [-0.2, -0.15) is 0 Å². The summed E-state index contributed by atoms with van der Waals surface area (Å²) in [6.45, 7) is 2.35. The maximum absolute atomic E-state index is 12.6. The first kappa shape index (κ1) is 16.0. The van der Waals surface area contributed by atoms with Crippen LogP contribution in [-0.2, 0) is 17.9 Å². The molecular formula is C20H20N2O2. The smallest absolute Gasteiger partial charge is 0.254 e. The normalized spacial score (nSPS) is 10.8. The summed E-state index contributed by atoms with van der Waals surface area (Å²) < 4.78 is 1.56. The average Bonchev–Trinajstić information content (AvgIpc) is 2.59. The van der Waals surface area contributed by atoms with Crippen molar-refractivity contribution in [1.82, 2.24) is 9.47 Å². The zero-order valence-corrected chi connectivity index (χ0v) is 13.9. The van der Waals surface area contributed by atoms with Gasteiger partial charge >= 0.3 is 0 Å². The van der Waals surface area contributed by atoms with Crippen LogP contribution in [0.4, 0.5) is 0 Å². The second kappa shape index (κ2) is 6.71. The van der Waals surface area contributed by atoms with Crippen LogP contribution in [0, 0.1) is 6.92 Å². The second-order valence-corrected chi connectivity index (χ2v) is 6.01. The molecule has 0 unspecified atom stereocenters. The lowest BCUT2D eigenvalue weighted by molar-refractivity contribution is -0.131. The van der Waals surface area contributed by atoms with Gasteiger partial charge in [0.2, 0.25) is 5.91 Å². The van der Waals surface area contributed by atoms with Crippen molar-refractivity contribution in [1.29, 1.82) is 0 Å². The molecule has 0 saturated carbocycles. The van der Waals surface area contributed by atoms with Crippen LogP contribution in [0.3, 0.4) is 0 Å². The average molecular weight is 320 g/mol. The van der Waals surface area contributed by atoms with Crippen molar-refractivity contribution in [2.45, 2.75) is 20.0 Å². The van der Waals surface area contributed by atoms with Crippen LogP contribution in [0.1, 0.15) is 11.1 Å². The topological polar surface area (TPSA) is 42.3 Å². The predicted molar refractivity (Wildman–Crippen MR) is 95.9 cm³/mol. The first-order chi connectivity index (χ1) is 11.6. The predicted octanol–water partition coefficient (Wildman–Crippen LogP) is 2.97. The first-order valence-corrected chi connectivity index (χ1v) is 7.93. The van der Waals surface area contributed by atoms with E-state index in [1.54, 1.807) is 23.4 Å². The van der Waals surface area contributed by atoms with Crippen LogP contribution in [-0.4, -0.2) is 22.4 Å². The lowest BCUT2D eigenvalue weighted by atomic mass is 10.1. The van der Waals surface area contributed by atoms with Crippen molar-refractivity contribution in [3.63, 3.8) is 0 Å². The number of amides is 1. The number of carbonyl (C=O) groups is 1. The van der Waals surface area contributed by atoms with Gasteiger partial charge in [-0.3, -0.25) is 14.2 Å². The molecule has 1 heterocycles. The third-order valence-corrected chi connectivity index (χ3v) is 4.16. The quantitative estimate of drug-likeness (QED) is 0.742. The molecule has 0 saturated heterocycles. The highest BCUT2D eigenvalue weighted by Crippen LogP contribution is 2.13. The Morgan fingerprint density at radius 3 is 2.46 bits per heavy atom. The number of nitrogens with zero attached hydrogens (tertiary/aromatic N) is 2. The number of fused-ring (bicyclic) bond motifs is 1. The molecule has 0 spiro atoms. The van der Waals surface area contributed by atoms with E-state index < -0.39 is 0 Å². The Labute approximate surface area is 141 Å². The zero-order valence-electron chi connectivity index (χ0n) is 13.9. The van der Waals surface area contributed by atoms with E-state index in [1.807, 2.05) is 60.7 Å². The van der Waals surface area contributed by atoms with Gasteiger partial charge in [0.15, 0.2) is 0 Å². The highest BCUT2D eigenvalue weighted by Gasteiger charge is 2.14. The van der Waals surface area contributed by atoms with Crippen molar-refractivity contribution in [2.75, 3.05) is 7.05 Å². The van der Waals surface area contributed by atoms with Gasteiger partial charge in [-0.1, -0.05) is 48.5 Å². The number of carbonyl (C=O) groups excluding carboxylic acids is 1. The first-order valence-electron chi connectivity index (χ1n) is 7.93. The number of hydrogen-bond donors (Lipinski definition) is 0. The van der Waals surface area contributed by atoms with E-state index in [0.717, 1.165) is 16.5 Å². The van der Waals surface area contributed by atoms with Crippen LogP contribution in [0.25, 0.3) is 10.9 Å². The minimum atomic E-state index is -0.116. The van der Waals surface area contributed by atoms with Crippen molar-refractivity contribution < 1.29 is 4.79 Å². The number of benzene rings is 2. The van der Waals surface area contributed by atoms with Crippen LogP contribution in [0.2, 0.25) is 0 Å². The van der Waals surface area contributed by atoms with E-state index in [2.05, 4.69) is 0 Å². The van der Waals surface area contributed by atoms with E-state index in [9.17, 15) is 9.59 Å². The number of hydrogen-bond acceptors (Lipinski definition) is 2. The van der Waals surface area contributed by atoms with Gasteiger partial charge in [0.05, 0.1) is 5.52 Å². The van der Waals surface area contributed by atoms with E-state index in [0.29, 0.717) is 12.1 Å². The molecule has 0 atom stereocenters. The van der Waals surface area contributed by atoms with Gasteiger partial charge in [0.25, 0.3) is 5.56 Å². The van der Waals surface area contributed by atoms with Crippen LogP contribution in [0.5, 0.6) is 0 Å². The molecule has 1 amide bonds. The number of para-hydroxylation sites is 1. The van der Waals surface area contributed by atoms with Gasteiger partial charge in [-0.25, -0.2) is 0 Å². The number of likely N-dealkylation sites (N-methyl/N-ethyl adjacent to an activating group) is 1. The highest BCUT2D eigenvalue weighted by atomic mass is 16.2. The molecule has 4 heteroatoms. The van der Waals surface area contributed by atoms with Crippen molar-refractivity contribution in [3.05, 3.63) is 82.1 Å². The summed E-state index contributed by atoms with van der Waals surface area (Å²) in [4.78, 5) is 26.7. The summed E-state index contributed by atoms with van der Waals surface area (Å²) in [6, 6.07) is 19.3. The summed E-state index contributed by atoms with van der Waals surface area (Å²) in [5.41, 5.74) is 2.38. The van der Waals surface area contributed by atoms with Crippen molar-refractivity contribution in [3.8, 4) is 0 Å². The fourth-order valence-corrected chi connectivity index (χ4v) is 2.83. The maximum Gasteiger partial charge on any atom is 0.254 e. The second-order valence-electron chi connectivity index (χ2n) is 6.01. The Bertz CT molecular complexity index is 929. The largest absolute Gasteiger partial charge is 0.340 e. The minimum absolute atomic E-state index is 0.0460. The van der Waals surface area contributed by atoms with Crippen LogP contribution >= 0.6 is 0 Å². The molecule has 2 aromatic carbocycles. The molecule has 1 aromatic heterocycles. The maximum atomic E-state index is 12.6. The van der Waals surface area contributed by atoms with Gasteiger partial charge < -0.3 is 4.90 Å². The molecule has 0 fully saturated rings. The Morgan fingerprint density at radius 1 is 1.04 bits per heavy atom. The zero-order chi connectivity index (χ0) is 17.1. The highest BCUT2D eigenvalue weighted by molar-refractivity contribution is 5.82. The molecular weight excluding hydrogens is 300 g/mol. The van der Waals surface area contributed by atoms with E-state index in [4.69, 9.17) is 0 Å². The number of aryl methyl sites for hydroxylation is 1. The number of rotatable bonds is 4. The Kier molecular flexibility index (Phi) is 4.47. The van der Waals surface area contributed by atoms with Crippen LogP contribution < -0.4 is 5.56 Å². The van der Waals surface area contributed by atoms with Gasteiger partial charge in [-0.15, -0.1) is 0 Å². The molecule has 24 heavy (non-hydrogen) atoms. The molecule has 4 nitrogen and oxygen atoms in total. The Hall–Kier alpha value is -2.88. The van der Waals surface area contributed by atoms with Crippen molar-refractivity contribution in [2.24, 2.45) is 0 Å². The Balaban J connectivity index is 1.88. The summed E-state index contributed by atoms with van der Waals surface area (Å²) in [5.74, 6) is -0.0864. The summed E-state index contributed by atoms with van der Waals surface area (Å²) >= 11 is 0. The summed E-state index contributed by atoms with van der Waals surface area (Å²) in [5, 5.41) is 0.966. The van der Waals surface area contributed by atoms with Gasteiger partial charge in [0, 0.05) is 19.2 Å². The van der Waals surface area contributed by atoms with Gasteiger partial charge in [0.1, 0.15) is 6.54 Å². The molecule has 0 aliphatic carbocycles. The van der Waals surface area contributed by atoms with Crippen molar-refractivity contribution >= 4 is 16.8 Å². The third kappa shape index (κ3) is 3.23.